The van der Waals surface area contributed by atoms with Gasteiger partial charge in [0.25, 0.3) is 0 Å². The van der Waals surface area contributed by atoms with Crippen LogP contribution < -0.4 is 0 Å². The van der Waals surface area contributed by atoms with E-state index in [1.807, 2.05) is 48.5 Å². The number of rotatable bonds is 6. The molecule has 0 heterocycles. The minimum absolute atomic E-state index is 0.124. The van der Waals surface area contributed by atoms with Gasteiger partial charge >= 0.3 is 49.4 Å². The van der Waals surface area contributed by atoms with Crippen LogP contribution in [0.2, 0.25) is 0 Å². The molecule has 7 heteroatoms. The van der Waals surface area contributed by atoms with Gasteiger partial charge in [-0.2, -0.15) is 0 Å². The van der Waals surface area contributed by atoms with Crippen LogP contribution in [0.1, 0.15) is 36.8 Å². The van der Waals surface area contributed by atoms with Crippen molar-refractivity contribution in [3.8, 4) is 0 Å². The minimum atomic E-state index is -0.124. The molecule has 2 saturated carbocycles. The van der Waals surface area contributed by atoms with Gasteiger partial charge in [0.2, 0.25) is 0 Å². The number of aliphatic hydroxyl groups is 1. The van der Waals surface area contributed by atoms with Crippen LogP contribution in [-0.4, -0.2) is 29.2 Å². The summed E-state index contributed by atoms with van der Waals surface area (Å²) in [6.45, 7) is 1.29. The Balaban J connectivity index is 0.000000183. The van der Waals surface area contributed by atoms with E-state index in [1.54, 1.807) is 0 Å². The zero-order chi connectivity index (χ0) is 20.9. The summed E-state index contributed by atoms with van der Waals surface area (Å²) in [6, 6.07) is 20.1. The number of ketones is 1. The van der Waals surface area contributed by atoms with Crippen molar-refractivity contribution < 1.29 is 28.8 Å². The van der Waals surface area contributed by atoms with Crippen molar-refractivity contribution in [2.45, 2.75) is 57.2 Å². The average molecular weight is 659 g/mol. The Morgan fingerprint density at radius 1 is 0.828 bits per heavy atom. The summed E-state index contributed by atoms with van der Waals surface area (Å²) in [7, 11) is 0.628. The van der Waals surface area contributed by atoms with Crippen LogP contribution in [0.15, 0.2) is 60.7 Å². The van der Waals surface area contributed by atoms with Crippen molar-refractivity contribution in [3.63, 3.8) is 0 Å². The van der Waals surface area contributed by atoms with E-state index in [9.17, 15) is 4.79 Å². The van der Waals surface area contributed by atoms with Crippen LogP contribution in [0.25, 0.3) is 0 Å². The first-order valence-electron chi connectivity index (χ1n) is 9.53. The van der Waals surface area contributed by atoms with Crippen molar-refractivity contribution in [2.75, 3.05) is 0 Å². The fraction of sp³-hybridized carbons (Fsp3) is 0.409. The van der Waals surface area contributed by atoms with E-state index in [4.69, 9.17) is 14.6 Å². The summed E-state index contributed by atoms with van der Waals surface area (Å²) in [5, 5.41) is 9.04. The zero-order valence-corrected chi connectivity index (χ0v) is 21.8. The van der Waals surface area contributed by atoms with Crippen LogP contribution in [-0.2, 0) is 36.9 Å². The third-order valence-corrected chi connectivity index (χ3v) is 4.64. The Labute approximate surface area is 202 Å². The average Bonchev–Trinajstić information content (AvgIpc) is 2.70. The summed E-state index contributed by atoms with van der Waals surface area (Å²) in [4.78, 5) is 10.6. The van der Waals surface area contributed by atoms with Gasteiger partial charge in [-0.15, -0.1) is 0 Å². The molecule has 157 valence electrons. The molecule has 0 unspecified atom stereocenters. The second-order valence-electron chi connectivity index (χ2n) is 6.97. The quantitative estimate of drug-likeness (QED) is 0.421. The molecule has 0 radical (unpaired) electrons. The van der Waals surface area contributed by atoms with E-state index >= 15 is 0 Å². The number of Topliss-reactive ketones (excluding diaryl/α,β-unsaturated/α-hetero) is 1. The van der Waals surface area contributed by atoms with E-state index in [-0.39, 0.29) is 18.3 Å². The van der Waals surface area contributed by atoms with Gasteiger partial charge < -0.3 is 14.6 Å². The number of aliphatic hydroxyl groups excluding tert-OH is 1. The number of carbonyl (C=O) groups is 1. The molecule has 29 heavy (non-hydrogen) atoms. The van der Waals surface area contributed by atoms with Gasteiger partial charge in [-0.3, -0.25) is 4.79 Å². The standard InChI is InChI=1S/C11H14O2.C11H12O2.2HI.V/c2*12-10-6-11(7-10)13-8-9-4-2-1-3-5-9;;;/h1-5,10-12H,6-8H2;1-5,11H,6-8H2;2*1H;/q;;;;+2/p-2. The molecule has 0 atom stereocenters. The molecule has 1 N–H and O–H groups in total. The number of carbonyl (C=O) groups excluding carboxylic acids is 1. The van der Waals surface area contributed by atoms with Crippen LogP contribution in [0.5, 0.6) is 0 Å². The molecule has 4 nitrogen and oxygen atoms in total. The first kappa shape index (κ1) is 25.3. The Bertz CT molecular complexity index is 688. The van der Waals surface area contributed by atoms with Gasteiger partial charge in [-0.25, -0.2) is 0 Å². The normalized spacial score (nSPS) is 20.2. The van der Waals surface area contributed by atoms with E-state index < -0.39 is 0 Å². The van der Waals surface area contributed by atoms with Gasteiger partial charge in [0.15, 0.2) is 0 Å². The third-order valence-electron chi connectivity index (χ3n) is 4.64. The maximum atomic E-state index is 10.6. The molecule has 0 aliphatic heterocycles. The van der Waals surface area contributed by atoms with Gasteiger partial charge in [0.1, 0.15) is 5.78 Å². The first-order chi connectivity index (χ1) is 14.1. The Hall–Kier alpha value is 0.0344. The predicted molar refractivity (Wildman–Crippen MR) is 128 cm³/mol. The molecule has 2 aromatic carbocycles. The van der Waals surface area contributed by atoms with Gasteiger partial charge in [-0.1, -0.05) is 60.7 Å². The molecule has 2 fully saturated rings. The topological polar surface area (TPSA) is 55.8 Å². The number of halogens is 2. The molecule has 4 rings (SSSR count). The number of hydrogen-bond acceptors (Lipinski definition) is 4. The molecule has 0 amide bonds. The van der Waals surface area contributed by atoms with Crippen molar-refractivity contribution in [1.29, 1.82) is 0 Å². The fourth-order valence-corrected chi connectivity index (χ4v) is 2.82. The van der Waals surface area contributed by atoms with E-state index in [0.717, 1.165) is 12.8 Å². The Morgan fingerprint density at radius 3 is 1.62 bits per heavy atom. The van der Waals surface area contributed by atoms with Crippen molar-refractivity contribution >= 4 is 45.7 Å². The van der Waals surface area contributed by atoms with Crippen LogP contribution >= 0.6 is 40.0 Å². The fourth-order valence-electron chi connectivity index (χ4n) is 2.82. The summed E-state index contributed by atoms with van der Waals surface area (Å²) in [6.07, 6.45) is 3.13. The second kappa shape index (κ2) is 14.9. The Kier molecular flexibility index (Phi) is 13.0. The zero-order valence-electron chi connectivity index (χ0n) is 16.1. The molecule has 0 aromatic heterocycles. The van der Waals surface area contributed by atoms with E-state index in [1.165, 1.54) is 11.1 Å². The maximum absolute atomic E-state index is 10.6. The SMILES string of the molecule is O=C1CC(OCc2ccccc2)C1.OC1CC(OCc2ccccc2)C1.[I][V][I]. The molecule has 2 aliphatic carbocycles. The Morgan fingerprint density at radius 2 is 1.24 bits per heavy atom. The molecule has 0 saturated heterocycles. The summed E-state index contributed by atoms with van der Waals surface area (Å²) in [5.41, 5.74) is 2.37. The second-order valence-corrected chi connectivity index (χ2v) is 18.8. The van der Waals surface area contributed by atoms with Gasteiger partial charge in [0.05, 0.1) is 31.5 Å². The first-order valence-corrected chi connectivity index (χ1v) is 18.5. The number of ether oxygens (including phenoxy) is 2. The molecule has 0 bridgehead atoms. The number of benzene rings is 2. The van der Waals surface area contributed by atoms with Gasteiger partial charge in [0, 0.05) is 12.8 Å². The summed E-state index contributed by atoms with van der Waals surface area (Å²) >= 11 is 4.74. The summed E-state index contributed by atoms with van der Waals surface area (Å²) < 4.78 is 11.1. The van der Waals surface area contributed by atoms with Crippen molar-refractivity contribution in [1.82, 2.24) is 0 Å². The van der Waals surface area contributed by atoms with Crippen LogP contribution in [0, 0.1) is 0 Å². The third kappa shape index (κ3) is 10.8. The monoisotopic (exact) mass is 659 g/mol. The molecular formula is C22H26I2O4V. The van der Waals surface area contributed by atoms with E-state index in [2.05, 4.69) is 52.1 Å². The molecule has 2 aliphatic rings. The summed E-state index contributed by atoms with van der Waals surface area (Å²) in [5.74, 6) is 0.318. The van der Waals surface area contributed by atoms with Crippen LogP contribution in [0.3, 0.4) is 0 Å². The van der Waals surface area contributed by atoms with E-state index in [0.29, 0.717) is 41.3 Å². The van der Waals surface area contributed by atoms with Crippen molar-refractivity contribution in [3.05, 3.63) is 71.8 Å². The molecular weight excluding hydrogens is 633 g/mol. The van der Waals surface area contributed by atoms with Crippen LogP contribution in [0.4, 0.5) is 0 Å². The van der Waals surface area contributed by atoms with Crippen molar-refractivity contribution in [2.24, 2.45) is 0 Å². The number of hydrogen-bond donors (Lipinski definition) is 1. The predicted octanol–water partition coefficient (Wildman–Crippen LogP) is 5.43. The molecule has 2 aromatic rings. The molecule has 0 spiro atoms. The van der Waals surface area contributed by atoms with Gasteiger partial charge in [-0.05, 0) is 24.0 Å².